The van der Waals surface area contributed by atoms with Gasteiger partial charge in [0.2, 0.25) is 0 Å². The van der Waals surface area contributed by atoms with Gasteiger partial charge in [-0.15, -0.1) is 0 Å². The van der Waals surface area contributed by atoms with Crippen molar-refractivity contribution in [1.82, 2.24) is 0 Å². The molecule has 0 saturated carbocycles. The Morgan fingerprint density at radius 3 is 1.88 bits per heavy atom. The van der Waals surface area contributed by atoms with Gasteiger partial charge in [-0.2, -0.15) is 0 Å². The zero-order valence-electron chi connectivity index (χ0n) is 10.6. The highest BCUT2D eigenvalue weighted by atomic mass is 15.1. The molecule has 0 radical (unpaired) electrons. The fourth-order valence-electron chi connectivity index (χ4n) is 1.75. The van der Waals surface area contributed by atoms with E-state index in [2.05, 4.69) is 30.9 Å². The first-order chi connectivity index (χ1) is 7.77. The summed E-state index contributed by atoms with van der Waals surface area (Å²) in [6.45, 7) is 6.78. The van der Waals surface area contributed by atoms with Crippen LogP contribution in [0.3, 0.4) is 0 Å². The molecule has 0 bridgehead atoms. The number of anilines is 2. The van der Waals surface area contributed by atoms with E-state index in [1.54, 1.807) is 0 Å². The highest BCUT2D eigenvalue weighted by molar-refractivity contribution is 5.53. The molecule has 0 aliphatic heterocycles. The molecule has 0 heterocycles. The van der Waals surface area contributed by atoms with Crippen LogP contribution in [0.2, 0.25) is 0 Å². The van der Waals surface area contributed by atoms with E-state index < -0.39 is 0 Å². The lowest BCUT2D eigenvalue weighted by Crippen LogP contribution is -2.25. The maximum absolute atomic E-state index is 5.71. The molecule has 0 aromatic heterocycles. The van der Waals surface area contributed by atoms with Crippen molar-refractivity contribution in [2.24, 2.45) is 0 Å². The van der Waals surface area contributed by atoms with Crippen molar-refractivity contribution in [1.29, 1.82) is 0 Å². The second kappa shape index (κ2) is 7.15. The fourth-order valence-corrected chi connectivity index (χ4v) is 1.75. The van der Waals surface area contributed by atoms with E-state index >= 15 is 0 Å². The normalized spacial score (nSPS) is 10.4. The van der Waals surface area contributed by atoms with Crippen LogP contribution in [0.4, 0.5) is 11.4 Å². The number of unbranched alkanes of at least 4 members (excludes halogenated alkanes) is 2. The lowest BCUT2D eigenvalue weighted by Gasteiger charge is -2.24. The van der Waals surface area contributed by atoms with Gasteiger partial charge in [0.1, 0.15) is 0 Å². The Morgan fingerprint density at radius 1 is 0.938 bits per heavy atom. The molecule has 0 spiro atoms. The second-order valence-electron chi connectivity index (χ2n) is 4.29. The molecule has 0 saturated heterocycles. The van der Waals surface area contributed by atoms with Crippen LogP contribution in [-0.2, 0) is 0 Å². The molecule has 2 heteroatoms. The highest BCUT2D eigenvalue weighted by Gasteiger charge is 2.04. The topological polar surface area (TPSA) is 29.3 Å². The maximum Gasteiger partial charge on any atom is 0.0367 e. The van der Waals surface area contributed by atoms with Crippen LogP contribution in [0.1, 0.15) is 39.5 Å². The van der Waals surface area contributed by atoms with Crippen LogP contribution in [0.25, 0.3) is 0 Å². The highest BCUT2D eigenvalue weighted by Crippen LogP contribution is 2.17. The molecule has 16 heavy (non-hydrogen) atoms. The first-order valence-electron chi connectivity index (χ1n) is 6.38. The number of nitrogens with two attached hydrogens (primary N) is 1. The average molecular weight is 220 g/mol. The first kappa shape index (κ1) is 12.9. The van der Waals surface area contributed by atoms with Crippen molar-refractivity contribution < 1.29 is 0 Å². The number of benzene rings is 1. The van der Waals surface area contributed by atoms with Gasteiger partial charge < -0.3 is 10.6 Å². The number of nitrogen functional groups attached to an aromatic ring is 1. The molecular formula is C14H24N2. The van der Waals surface area contributed by atoms with Crippen molar-refractivity contribution >= 4 is 11.4 Å². The van der Waals surface area contributed by atoms with Gasteiger partial charge in [-0.1, -0.05) is 26.7 Å². The van der Waals surface area contributed by atoms with Gasteiger partial charge in [0.25, 0.3) is 0 Å². The van der Waals surface area contributed by atoms with E-state index in [9.17, 15) is 0 Å². The molecule has 0 aliphatic carbocycles. The molecule has 2 N–H and O–H groups in total. The van der Waals surface area contributed by atoms with Crippen LogP contribution in [0, 0.1) is 0 Å². The summed E-state index contributed by atoms with van der Waals surface area (Å²) in [5.74, 6) is 0. The first-order valence-corrected chi connectivity index (χ1v) is 6.38. The third kappa shape index (κ3) is 4.13. The number of nitrogens with zero attached hydrogens (tertiary/aromatic N) is 1. The zero-order chi connectivity index (χ0) is 11.8. The largest absolute Gasteiger partial charge is 0.399 e. The minimum atomic E-state index is 0.842. The standard InChI is InChI=1S/C14H24N2/c1-3-5-11-16(12-6-4-2)14-9-7-13(15)8-10-14/h7-10H,3-6,11-12,15H2,1-2H3. The third-order valence-corrected chi connectivity index (χ3v) is 2.82. The minimum absolute atomic E-state index is 0.842. The molecule has 90 valence electrons. The third-order valence-electron chi connectivity index (χ3n) is 2.82. The van der Waals surface area contributed by atoms with Crippen LogP contribution < -0.4 is 10.6 Å². The molecule has 0 unspecified atom stereocenters. The molecule has 1 aromatic carbocycles. The van der Waals surface area contributed by atoms with E-state index in [0.29, 0.717) is 0 Å². The Balaban J connectivity index is 2.62. The van der Waals surface area contributed by atoms with Crippen molar-refractivity contribution in [3.8, 4) is 0 Å². The molecule has 1 aromatic rings. The second-order valence-corrected chi connectivity index (χ2v) is 4.29. The van der Waals surface area contributed by atoms with Gasteiger partial charge >= 0.3 is 0 Å². The van der Waals surface area contributed by atoms with Crippen LogP contribution in [-0.4, -0.2) is 13.1 Å². The van der Waals surface area contributed by atoms with Crippen molar-refractivity contribution in [2.45, 2.75) is 39.5 Å². The molecule has 0 atom stereocenters. The Labute approximate surface area is 99.5 Å². The smallest absolute Gasteiger partial charge is 0.0367 e. The summed E-state index contributed by atoms with van der Waals surface area (Å²) < 4.78 is 0. The number of hydrogen-bond acceptors (Lipinski definition) is 2. The minimum Gasteiger partial charge on any atom is -0.399 e. The lowest BCUT2D eigenvalue weighted by atomic mass is 10.2. The number of hydrogen-bond donors (Lipinski definition) is 1. The summed E-state index contributed by atoms with van der Waals surface area (Å²) in [7, 11) is 0. The van der Waals surface area contributed by atoms with Crippen molar-refractivity contribution in [2.75, 3.05) is 23.7 Å². The van der Waals surface area contributed by atoms with Crippen LogP contribution >= 0.6 is 0 Å². The van der Waals surface area contributed by atoms with Gasteiger partial charge in [-0.3, -0.25) is 0 Å². The average Bonchev–Trinajstić information content (AvgIpc) is 2.31. The van der Waals surface area contributed by atoms with Gasteiger partial charge in [0, 0.05) is 24.5 Å². The summed E-state index contributed by atoms with van der Waals surface area (Å²) in [5.41, 5.74) is 7.85. The predicted molar refractivity (Wildman–Crippen MR) is 72.9 cm³/mol. The van der Waals surface area contributed by atoms with E-state index in [4.69, 9.17) is 5.73 Å². The van der Waals surface area contributed by atoms with Gasteiger partial charge in [0.15, 0.2) is 0 Å². The summed E-state index contributed by atoms with van der Waals surface area (Å²) in [4.78, 5) is 2.46. The number of rotatable bonds is 7. The Bertz CT molecular complexity index is 271. The quantitative estimate of drug-likeness (QED) is 0.710. The fraction of sp³-hybridized carbons (Fsp3) is 0.571. The van der Waals surface area contributed by atoms with E-state index in [0.717, 1.165) is 18.8 Å². The SMILES string of the molecule is CCCCN(CCCC)c1ccc(N)cc1. The maximum atomic E-state index is 5.71. The molecule has 1 rings (SSSR count). The molecule has 2 nitrogen and oxygen atoms in total. The van der Waals surface area contributed by atoms with E-state index in [-0.39, 0.29) is 0 Å². The zero-order valence-corrected chi connectivity index (χ0v) is 10.6. The summed E-state index contributed by atoms with van der Waals surface area (Å²) in [6, 6.07) is 8.22. The van der Waals surface area contributed by atoms with Gasteiger partial charge in [-0.25, -0.2) is 0 Å². The lowest BCUT2D eigenvalue weighted by molar-refractivity contribution is 0.678. The summed E-state index contributed by atoms with van der Waals surface area (Å²) in [5, 5.41) is 0. The van der Waals surface area contributed by atoms with Gasteiger partial charge in [0.05, 0.1) is 0 Å². The molecule has 0 fully saturated rings. The van der Waals surface area contributed by atoms with Crippen molar-refractivity contribution in [3.63, 3.8) is 0 Å². The molecular weight excluding hydrogens is 196 g/mol. The van der Waals surface area contributed by atoms with Crippen molar-refractivity contribution in [3.05, 3.63) is 24.3 Å². The molecule has 0 aliphatic rings. The summed E-state index contributed by atoms with van der Waals surface area (Å²) in [6.07, 6.45) is 5.01. The Kier molecular flexibility index (Phi) is 5.76. The molecule has 0 amide bonds. The summed E-state index contributed by atoms with van der Waals surface area (Å²) >= 11 is 0. The van der Waals surface area contributed by atoms with Crippen LogP contribution in [0.15, 0.2) is 24.3 Å². The van der Waals surface area contributed by atoms with E-state index in [1.165, 1.54) is 31.4 Å². The Morgan fingerprint density at radius 2 is 1.44 bits per heavy atom. The monoisotopic (exact) mass is 220 g/mol. The van der Waals surface area contributed by atoms with Crippen LogP contribution in [0.5, 0.6) is 0 Å². The van der Waals surface area contributed by atoms with E-state index in [1.807, 2.05) is 12.1 Å². The van der Waals surface area contributed by atoms with Gasteiger partial charge in [-0.05, 0) is 37.1 Å². The Hall–Kier alpha value is -1.18. The predicted octanol–water partition coefficient (Wildman–Crippen LogP) is 3.68.